The Labute approximate surface area is 138 Å². The van der Waals surface area contributed by atoms with Crippen LogP contribution in [0.25, 0.3) is 0 Å². The number of nitrogens with two attached hydrogens (primary N) is 1. The lowest BCUT2D eigenvalue weighted by Crippen LogP contribution is -2.33. The summed E-state index contributed by atoms with van der Waals surface area (Å²) in [6.07, 6.45) is 5.05. The van der Waals surface area contributed by atoms with Gasteiger partial charge in [-0.15, -0.1) is 0 Å². The third-order valence-electron chi connectivity index (χ3n) is 4.54. The molecular formula is C18H28N2O3. The molecule has 1 atom stereocenters. The van der Waals surface area contributed by atoms with Gasteiger partial charge in [0, 0.05) is 31.0 Å². The first-order chi connectivity index (χ1) is 11.2. The molecule has 0 radical (unpaired) electrons. The zero-order valence-corrected chi connectivity index (χ0v) is 14.2. The number of hydrogen-bond donors (Lipinski definition) is 1. The van der Waals surface area contributed by atoms with Crippen LogP contribution < -0.4 is 15.2 Å². The van der Waals surface area contributed by atoms with Gasteiger partial charge in [0.15, 0.2) is 0 Å². The van der Waals surface area contributed by atoms with Gasteiger partial charge in [-0.25, -0.2) is 0 Å². The number of benzene rings is 1. The number of nitrogens with zero attached hydrogens (tertiary/aromatic N) is 1. The molecule has 1 aliphatic heterocycles. The summed E-state index contributed by atoms with van der Waals surface area (Å²) in [7, 11) is 3.26. The highest BCUT2D eigenvalue weighted by Gasteiger charge is 2.23. The van der Waals surface area contributed by atoms with Gasteiger partial charge in [0.05, 0.1) is 14.2 Å². The molecular weight excluding hydrogens is 292 g/mol. The number of hydrogen-bond acceptors (Lipinski definition) is 4. The molecule has 1 unspecified atom stereocenters. The molecule has 1 amide bonds. The van der Waals surface area contributed by atoms with Crippen molar-refractivity contribution < 1.29 is 14.3 Å². The summed E-state index contributed by atoms with van der Waals surface area (Å²) in [5.74, 6) is 1.63. The summed E-state index contributed by atoms with van der Waals surface area (Å²) >= 11 is 0. The minimum atomic E-state index is -0.0594. The molecule has 1 aliphatic rings. The Kier molecular flexibility index (Phi) is 6.71. The Bertz CT molecular complexity index is 511. The molecule has 1 saturated heterocycles. The van der Waals surface area contributed by atoms with Crippen molar-refractivity contribution in [2.75, 3.05) is 33.9 Å². The van der Waals surface area contributed by atoms with E-state index in [1.165, 1.54) is 12.8 Å². The number of methoxy groups -OCH3 is 2. The summed E-state index contributed by atoms with van der Waals surface area (Å²) in [5.41, 5.74) is 6.90. The Balaban J connectivity index is 2.13. The van der Waals surface area contributed by atoms with Crippen molar-refractivity contribution in [2.24, 2.45) is 5.73 Å². The summed E-state index contributed by atoms with van der Waals surface area (Å²) in [6, 6.07) is 5.64. The molecule has 1 fully saturated rings. The van der Waals surface area contributed by atoms with E-state index in [0.29, 0.717) is 13.0 Å². The van der Waals surface area contributed by atoms with E-state index in [1.807, 2.05) is 23.1 Å². The number of ether oxygens (including phenoxy) is 2. The molecule has 2 N–H and O–H groups in total. The van der Waals surface area contributed by atoms with Crippen molar-refractivity contribution in [3.63, 3.8) is 0 Å². The molecule has 1 aromatic carbocycles. The molecule has 2 rings (SSSR count). The van der Waals surface area contributed by atoms with Crippen LogP contribution in [0.15, 0.2) is 18.2 Å². The predicted molar refractivity (Wildman–Crippen MR) is 91.0 cm³/mol. The standard InChI is InChI=1S/C18H28N2O3/c1-22-15-7-8-17(23-2)16(12-15)14(13-19)11-18(21)20-9-5-3-4-6-10-20/h7-8,12,14H,3-6,9-11,13,19H2,1-2H3. The predicted octanol–water partition coefficient (Wildman–Crippen LogP) is 2.54. The number of rotatable bonds is 6. The average Bonchev–Trinajstić information content (AvgIpc) is 2.88. The zero-order valence-electron chi connectivity index (χ0n) is 14.2. The molecule has 1 heterocycles. The Morgan fingerprint density at radius 2 is 1.87 bits per heavy atom. The van der Waals surface area contributed by atoms with Crippen LogP contribution in [0, 0.1) is 0 Å². The smallest absolute Gasteiger partial charge is 0.223 e. The number of carbonyl (C=O) groups is 1. The van der Waals surface area contributed by atoms with Crippen molar-refractivity contribution in [3.05, 3.63) is 23.8 Å². The van der Waals surface area contributed by atoms with E-state index < -0.39 is 0 Å². The van der Waals surface area contributed by atoms with Crippen molar-refractivity contribution >= 4 is 5.91 Å². The van der Waals surface area contributed by atoms with Crippen molar-refractivity contribution in [1.29, 1.82) is 0 Å². The molecule has 0 bridgehead atoms. The third kappa shape index (κ3) is 4.61. The fraction of sp³-hybridized carbons (Fsp3) is 0.611. The van der Waals surface area contributed by atoms with Gasteiger partial charge in [0.2, 0.25) is 5.91 Å². The van der Waals surface area contributed by atoms with Crippen LogP contribution in [0.4, 0.5) is 0 Å². The van der Waals surface area contributed by atoms with Gasteiger partial charge < -0.3 is 20.1 Å². The van der Waals surface area contributed by atoms with Crippen LogP contribution in [0.3, 0.4) is 0 Å². The van der Waals surface area contributed by atoms with Crippen molar-refractivity contribution in [2.45, 2.75) is 38.0 Å². The maximum Gasteiger partial charge on any atom is 0.223 e. The molecule has 5 nitrogen and oxygen atoms in total. The number of amides is 1. The molecule has 0 saturated carbocycles. The first kappa shape index (κ1) is 17.6. The second kappa shape index (κ2) is 8.77. The monoisotopic (exact) mass is 320 g/mol. The minimum Gasteiger partial charge on any atom is -0.497 e. The van der Waals surface area contributed by atoms with Gasteiger partial charge in [-0.2, -0.15) is 0 Å². The maximum atomic E-state index is 12.6. The van der Waals surface area contributed by atoms with Crippen LogP contribution in [-0.4, -0.2) is 44.7 Å². The Morgan fingerprint density at radius 3 is 2.43 bits per heavy atom. The van der Waals surface area contributed by atoms with Gasteiger partial charge in [-0.1, -0.05) is 12.8 Å². The van der Waals surface area contributed by atoms with Gasteiger partial charge >= 0.3 is 0 Å². The fourth-order valence-electron chi connectivity index (χ4n) is 3.14. The lowest BCUT2D eigenvalue weighted by Gasteiger charge is -2.24. The summed E-state index contributed by atoms with van der Waals surface area (Å²) in [6.45, 7) is 2.14. The summed E-state index contributed by atoms with van der Waals surface area (Å²) in [4.78, 5) is 14.6. The first-order valence-corrected chi connectivity index (χ1v) is 8.39. The molecule has 5 heteroatoms. The van der Waals surface area contributed by atoms with E-state index in [4.69, 9.17) is 15.2 Å². The highest BCUT2D eigenvalue weighted by atomic mass is 16.5. The summed E-state index contributed by atoms with van der Waals surface area (Å²) in [5, 5.41) is 0. The molecule has 0 spiro atoms. The van der Waals surface area contributed by atoms with Crippen LogP contribution in [0.2, 0.25) is 0 Å². The Morgan fingerprint density at radius 1 is 1.17 bits per heavy atom. The SMILES string of the molecule is COc1ccc(OC)c(C(CN)CC(=O)N2CCCCCC2)c1. The minimum absolute atomic E-state index is 0.0594. The second-order valence-corrected chi connectivity index (χ2v) is 6.04. The van der Waals surface area contributed by atoms with Crippen molar-refractivity contribution in [3.8, 4) is 11.5 Å². The second-order valence-electron chi connectivity index (χ2n) is 6.04. The van der Waals surface area contributed by atoms with Crippen LogP contribution in [-0.2, 0) is 4.79 Å². The normalized spacial score (nSPS) is 16.6. The van der Waals surface area contributed by atoms with E-state index >= 15 is 0 Å². The van der Waals surface area contributed by atoms with Gasteiger partial charge in [0.25, 0.3) is 0 Å². The molecule has 23 heavy (non-hydrogen) atoms. The quantitative estimate of drug-likeness (QED) is 0.875. The van der Waals surface area contributed by atoms with Gasteiger partial charge in [0.1, 0.15) is 11.5 Å². The highest BCUT2D eigenvalue weighted by molar-refractivity contribution is 5.77. The van der Waals surface area contributed by atoms with E-state index in [-0.39, 0.29) is 11.8 Å². The fourth-order valence-corrected chi connectivity index (χ4v) is 3.14. The molecule has 0 aromatic heterocycles. The van der Waals surface area contributed by atoms with E-state index in [0.717, 1.165) is 43.0 Å². The maximum absolute atomic E-state index is 12.6. The van der Waals surface area contributed by atoms with Crippen LogP contribution >= 0.6 is 0 Å². The Hall–Kier alpha value is -1.75. The number of carbonyl (C=O) groups excluding carboxylic acids is 1. The molecule has 0 aliphatic carbocycles. The largest absolute Gasteiger partial charge is 0.497 e. The third-order valence-corrected chi connectivity index (χ3v) is 4.54. The van der Waals surface area contributed by atoms with Gasteiger partial charge in [-0.05, 0) is 37.6 Å². The molecule has 1 aromatic rings. The van der Waals surface area contributed by atoms with E-state index in [1.54, 1.807) is 14.2 Å². The van der Waals surface area contributed by atoms with E-state index in [9.17, 15) is 4.79 Å². The van der Waals surface area contributed by atoms with Gasteiger partial charge in [-0.3, -0.25) is 4.79 Å². The zero-order chi connectivity index (χ0) is 16.7. The number of likely N-dealkylation sites (tertiary alicyclic amines) is 1. The first-order valence-electron chi connectivity index (χ1n) is 8.39. The summed E-state index contributed by atoms with van der Waals surface area (Å²) < 4.78 is 10.7. The highest BCUT2D eigenvalue weighted by Crippen LogP contribution is 2.32. The lowest BCUT2D eigenvalue weighted by atomic mass is 9.94. The van der Waals surface area contributed by atoms with Crippen LogP contribution in [0.5, 0.6) is 11.5 Å². The van der Waals surface area contributed by atoms with Crippen molar-refractivity contribution in [1.82, 2.24) is 4.90 Å². The molecule has 128 valence electrons. The average molecular weight is 320 g/mol. The lowest BCUT2D eigenvalue weighted by molar-refractivity contribution is -0.131. The van der Waals surface area contributed by atoms with Crippen LogP contribution in [0.1, 0.15) is 43.6 Å². The topological polar surface area (TPSA) is 64.8 Å². The van der Waals surface area contributed by atoms with E-state index in [2.05, 4.69) is 0 Å².